The molecule has 0 amide bonds. The van der Waals surface area contributed by atoms with Crippen molar-refractivity contribution in [2.24, 2.45) is 0 Å². The second-order valence-corrected chi connectivity index (χ2v) is 9.32. The molecule has 31 heavy (non-hydrogen) atoms. The van der Waals surface area contributed by atoms with Gasteiger partial charge >= 0.3 is 6.18 Å². The van der Waals surface area contributed by atoms with Crippen LogP contribution in [0.4, 0.5) is 13.2 Å². The fourth-order valence-corrected chi connectivity index (χ4v) is 4.00. The van der Waals surface area contributed by atoms with Crippen molar-refractivity contribution < 1.29 is 17.9 Å². The number of nitrogens with zero attached hydrogens (tertiary/aromatic N) is 2. The molecular weight excluding hydrogens is 401 g/mol. The van der Waals surface area contributed by atoms with Gasteiger partial charge in [-0.1, -0.05) is 31.2 Å². The number of piperazine rings is 1. The summed E-state index contributed by atoms with van der Waals surface area (Å²) in [6.45, 7) is 12.7. The number of halogens is 3. The first-order valence-electron chi connectivity index (χ1n) is 10.9. The molecule has 0 saturated carbocycles. The van der Waals surface area contributed by atoms with Gasteiger partial charge in [0.15, 0.2) is 0 Å². The summed E-state index contributed by atoms with van der Waals surface area (Å²) in [7, 11) is 0. The van der Waals surface area contributed by atoms with Crippen molar-refractivity contribution in [3.8, 4) is 5.75 Å². The van der Waals surface area contributed by atoms with Crippen LogP contribution in [-0.4, -0.2) is 41.1 Å². The van der Waals surface area contributed by atoms with Crippen LogP contribution in [0.5, 0.6) is 5.75 Å². The summed E-state index contributed by atoms with van der Waals surface area (Å²) < 4.78 is 44.2. The summed E-state index contributed by atoms with van der Waals surface area (Å²) in [5.41, 5.74) is 1.38. The van der Waals surface area contributed by atoms with Crippen LogP contribution in [0, 0.1) is 0 Å². The van der Waals surface area contributed by atoms with Crippen molar-refractivity contribution in [2.45, 2.75) is 65.0 Å². The zero-order valence-corrected chi connectivity index (χ0v) is 18.9. The lowest BCUT2D eigenvalue weighted by molar-refractivity contribution is -0.137. The van der Waals surface area contributed by atoms with Crippen molar-refractivity contribution in [3.63, 3.8) is 0 Å². The normalized spacial score (nSPS) is 18.9. The molecule has 1 heterocycles. The monoisotopic (exact) mass is 434 g/mol. The molecule has 2 aromatic carbocycles. The lowest BCUT2D eigenvalue weighted by Crippen LogP contribution is -2.51. The van der Waals surface area contributed by atoms with Gasteiger partial charge in [-0.05, 0) is 62.6 Å². The highest BCUT2D eigenvalue weighted by Crippen LogP contribution is 2.29. The highest BCUT2D eigenvalue weighted by Gasteiger charge is 2.30. The molecule has 1 saturated heterocycles. The molecule has 1 unspecified atom stereocenters. The number of rotatable bonds is 6. The van der Waals surface area contributed by atoms with Crippen molar-refractivity contribution in [1.82, 2.24) is 9.80 Å². The number of alkyl halides is 3. The predicted molar refractivity (Wildman–Crippen MR) is 118 cm³/mol. The summed E-state index contributed by atoms with van der Waals surface area (Å²) in [4.78, 5) is 4.84. The quantitative estimate of drug-likeness (QED) is 0.556. The third-order valence-corrected chi connectivity index (χ3v) is 5.58. The third kappa shape index (κ3) is 6.97. The van der Waals surface area contributed by atoms with Gasteiger partial charge < -0.3 is 4.74 Å². The Hall–Kier alpha value is -2.05. The Morgan fingerprint density at radius 3 is 2.00 bits per heavy atom. The minimum atomic E-state index is -4.28. The van der Waals surface area contributed by atoms with E-state index in [1.807, 2.05) is 32.9 Å². The second kappa shape index (κ2) is 9.61. The third-order valence-electron chi connectivity index (χ3n) is 5.58. The van der Waals surface area contributed by atoms with E-state index in [4.69, 9.17) is 4.74 Å². The number of hydrogen-bond acceptors (Lipinski definition) is 3. The summed E-state index contributed by atoms with van der Waals surface area (Å²) in [6.07, 6.45) is -3.25. The molecule has 3 nitrogen and oxygen atoms in total. The van der Waals surface area contributed by atoms with Crippen molar-refractivity contribution in [1.29, 1.82) is 0 Å². The van der Waals surface area contributed by atoms with Gasteiger partial charge in [-0.2, -0.15) is 13.2 Å². The fourth-order valence-electron chi connectivity index (χ4n) is 4.00. The maximum absolute atomic E-state index is 12.8. The first-order valence-corrected chi connectivity index (χ1v) is 10.9. The van der Waals surface area contributed by atoms with Gasteiger partial charge in [-0.15, -0.1) is 0 Å². The molecule has 0 bridgehead atoms. The van der Waals surface area contributed by atoms with Crippen LogP contribution in [-0.2, 0) is 19.3 Å². The molecule has 2 aromatic rings. The first kappa shape index (κ1) is 23.6. The minimum absolute atomic E-state index is 0.210. The number of benzene rings is 2. The Labute approximate surface area is 183 Å². The largest absolute Gasteiger partial charge is 0.488 e. The van der Waals surface area contributed by atoms with E-state index in [0.717, 1.165) is 43.9 Å². The Kier molecular flexibility index (Phi) is 7.32. The van der Waals surface area contributed by atoms with Gasteiger partial charge in [0.05, 0.1) is 5.56 Å². The summed E-state index contributed by atoms with van der Waals surface area (Å²) >= 11 is 0. The Balaban J connectivity index is 1.56. The molecule has 0 N–H and O–H groups in total. The SMILES string of the molecule is CCC1CN(Cc2ccc(C(F)(F)F)cc2)CCN1Cc1ccc(OC(C)(C)C)cc1. The Bertz CT molecular complexity index is 826. The van der Waals surface area contributed by atoms with Crippen LogP contribution in [0.2, 0.25) is 0 Å². The second-order valence-electron chi connectivity index (χ2n) is 9.32. The molecule has 0 spiro atoms. The van der Waals surface area contributed by atoms with Crippen LogP contribution >= 0.6 is 0 Å². The molecule has 1 atom stereocenters. The summed E-state index contributed by atoms with van der Waals surface area (Å²) in [6, 6.07) is 14.3. The molecule has 0 aliphatic carbocycles. The van der Waals surface area contributed by atoms with Gasteiger partial charge in [0, 0.05) is 38.8 Å². The van der Waals surface area contributed by atoms with E-state index >= 15 is 0 Å². The van der Waals surface area contributed by atoms with Gasteiger partial charge in [0.25, 0.3) is 0 Å². The van der Waals surface area contributed by atoms with E-state index in [9.17, 15) is 13.2 Å². The molecule has 1 fully saturated rings. The van der Waals surface area contributed by atoms with Gasteiger partial charge in [0.1, 0.15) is 11.4 Å². The van der Waals surface area contributed by atoms with Crippen LogP contribution in [0.15, 0.2) is 48.5 Å². The average molecular weight is 435 g/mol. The van der Waals surface area contributed by atoms with Gasteiger partial charge in [-0.3, -0.25) is 9.80 Å². The Morgan fingerprint density at radius 1 is 0.871 bits per heavy atom. The van der Waals surface area contributed by atoms with Crippen LogP contribution < -0.4 is 4.74 Å². The van der Waals surface area contributed by atoms with E-state index in [-0.39, 0.29) is 5.60 Å². The van der Waals surface area contributed by atoms with Crippen molar-refractivity contribution in [3.05, 3.63) is 65.2 Å². The maximum atomic E-state index is 12.8. The van der Waals surface area contributed by atoms with E-state index in [1.165, 1.54) is 17.7 Å². The lowest BCUT2D eigenvalue weighted by atomic mass is 10.1. The zero-order valence-electron chi connectivity index (χ0n) is 18.9. The molecule has 0 radical (unpaired) electrons. The maximum Gasteiger partial charge on any atom is 0.416 e. The lowest BCUT2D eigenvalue weighted by Gasteiger charge is -2.41. The van der Waals surface area contributed by atoms with E-state index in [2.05, 4.69) is 28.9 Å². The van der Waals surface area contributed by atoms with E-state index in [1.54, 1.807) is 12.1 Å². The van der Waals surface area contributed by atoms with Crippen LogP contribution in [0.3, 0.4) is 0 Å². The predicted octanol–water partition coefficient (Wildman–Crippen LogP) is 5.98. The topological polar surface area (TPSA) is 15.7 Å². The van der Waals surface area contributed by atoms with E-state index < -0.39 is 11.7 Å². The molecule has 1 aliphatic heterocycles. The van der Waals surface area contributed by atoms with Crippen LogP contribution in [0.25, 0.3) is 0 Å². The molecule has 170 valence electrons. The molecular formula is C25H33F3N2O. The summed E-state index contributed by atoms with van der Waals surface area (Å²) in [5.74, 6) is 0.879. The van der Waals surface area contributed by atoms with Gasteiger partial charge in [0.2, 0.25) is 0 Å². The molecule has 0 aromatic heterocycles. The molecule has 1 aliphatic rings. The van der Waals surface area contributed by atoms with Crippen molar-refractivity contribution in [2.75, 3.05) is 19.6 Å². The standard InChI is InChI=1S/C25H33F3N2O/c1-5-22-18-29(16-19-6-10-21(11-7-19)25(26,27)28)14-15-30(22)17-20-8-12-23(13-9-20)31-24(2,3)4/h6-13,22H,5,14-18H2,1-4H3. The fraction of sp³-hybridized carbons (Fsp3) is 0.520. The Morgan fingerprint density at radius 2 is 1.45 bits per heavy atom. The number of hydrogen-bond donors (Lipinski definition) is 0. The number of ether oxygens (including phenoxy) is 1. The van der Waals surface area contributed by atoms with Gasteiger partial charge in [-0.25, -0.2) is 0 Å². The zero-order chi connectivity index (χ0) is 22.6. The van der Waals surface area contributed by atoms with Crippen LogP contribution in [0.1, 0.15) is 50.8 Å². The minimum Gasteiger partial charge on any atom is -0.488 e. The van der Waals surface area contributed by atoms with Crippen molar-refractivity contribution >= 4 is 0 Å². The highest BCUT2D eigenvalue weighted by atomic mass is 19.4. The summed E-state index contributed by atoms with van der Waals surface area (Å²) in [5, 5.41) is 0. The smallest absolute Gasteiger partial charge is 0.416 e. The molecule has 3 rings (SSSR count). The van der Waals surface area contributed by atoms with E-state index in [0.29, 0.717) is 12.6 Å². The molecule has 6 heteroatoms. The first-order chi connectivity index (χ1) is 14.5. The highest BCUT2D eigenvalue weighted by molar-refractivity contribution is 5.28. The average Bonchev–Trinajstić information content (AvgIpc) is 2.69.